The van der Waals surface area contributed by atoms with E-state index in [2.05, 4.69) is 0 Å². The molecule has 0 spiro atoms. The summed E-state index contributed by atoms with van der Waals surface area (Å²) in [5.41, 5.74) is -1.14. The predicted octanol–water partition coefficient (Wildman–Crippen LogP) is 1.56. The van der Waals surface area contributed by atoms with Crippen LogP contribution in [0.2, 0.25) is 0 Å². The Balaban J connectivity index is 2.26. The van der Waals surface area contributed by atoms with Crippen molar-refractivity contribution in [2.75, 3.05) is 13.2 Å². The zero-order valence-corrected chi connectivity index (χ0v) is 13.9. The summed E-state index contributed by atoms with van der Waals surface area (Å²) in [6.45, 7) is 4.29. The third-order valence-electron chi connectivity index (χ3n) is 3.86. The smallest absolute Gasteiger partial charge is 0.342 e. The number of carbonyl (C=O) groups excluding carboxylic acids is 1. The summed E-state index contributed by atoms with van der Waals surface area (Å²) in [6.07, 6.45) is 3.86. The van der Waals surface area contributed by atoms with Crippen molar-refractivity contribution in [3.63, 3.8) is 0 Å². The van der Waals surface area contributed by atoms with Crippen LogP contribution in [-0.2, 0) is 14.3 Å². The van der Waals surface area contributed by atoms with Crippen LogP contribution in [0.25, 0.3) is 22.2 Å². The van der Waals surface area contributed by atoms with Crippen molar-refractivity contribution in [2.24, 2.45) is 0 Å². The summed E-state index contributed by atoms with van der Waals surface area (Å²) in [7, 11) is 0. The number of benzene rings is 1. The molecule has 0 saturated heterocycles. The molecule has 0 aliphatic heterocycles. The molecule has 0 amide bonds. The summed E-state index contributed by atoms with van der Waals surface area (Å²) >= 11 is 1.49. The van der Waals surface area contributed by atoms with Gasteiger partial charge < -0.3 is 9.47 Å². The molecule has 4 nitrogen and oxygen atoms in total. The van der Waals surface area contributed by atoms with Crippen molar-refractivity contribution in [2.45, 2.75) is 25.9 Å². The molecular weight excluding hydrogens is 312 g/mol. The van der Waals surface area contributed by atoms with Crippen LogP contribution >= 0.6 is 11.3 Å². The van der Waals surface area contributed by atoms with Crippen molar-refractivity contribution < 1.29 is 14.3 Å². The van der Waals surface area contributed by atoms with E-state index in [9.17, 15) is 9.59 Å². The second kappa shape index (κ2) is 6.26. The molecule has 23 heavy (non-hydrogen) atoms. The Labute approximate surface area is 137 Å². The van der Waals surface area contributed by atoms with Crippen molar-refractivity contribution >= 4 is 39.5 Å². The number of esters is 1. The molecule has 3 rings (SSSR count). The van der Waals surface area contributed by atoms with Crippen LogP contribution in [0.3, 0.4) is 0 Å². The Bertz CT molecular complexity index is 928. The fourth-order valence-electron chi connectivity index (χ4n) is 2.81. The summed E-state index contributed by atoms with van der Waals surface area (Å²) < 4.78 is 12.6. The van der Waals surface area contributed by atoms with Gasteiger partial charge in [-0.1, -0.05) is 18.2 Å². The fraction of sp³-hybridized carbons (Fsp3) is 0.333. The molecule has 120 valence electrons. The van der Waals surface area contributed by atoms with Crippen LogP contribution in [-0.4, -0.2) is 24.8 Å². The number of rotatable bonds is 4. The third-order valence-corrected chi connectivity index (χ3v) is 4.99. The van der Waals surface area contributed by atoms with Gasteiger partial charge in [-0.15, -0.1) is 11.3 Å². The van der Waals surface area contributed by atoms with Crippen LogP contribution in [0.4, 0.5) is 0 Å². The van der Waals surface area contributed by atoms with Crippen LogP contribution in [0.1, 0.15) is 20.3 Å². The predicted molar refractivity (Wildman–Crippen MR) is 91.9 cm³/mol. The molecule has 0 radical (unpaired) electrons. The topological polar surface area (TPSA) is 52.6 Å². The molecular formula is C18H18O4S. The third kappa shape index (κ3) is 2.71. The second-order valence-corrected chi connectivity index (χ2v) is 6.38. The van der Waals surface area contributed by atoms with Gasteiger partial charge in [0, 0.05) is 32.9 Å². The van der Waals surface area contributed by atoms with Gasteiger partial charge in [0.25, 0.3) is 0 Å². The molecule has 0 saturated carbocycles. The highest BCUT2D eigenvalue weighted by molar-refractivity contribution is 7.16. The Kier molecular flexibility index (Phi) is 4.33. The van der Waals surface area contributed by atoms with Crippen molar-refractivity contribution in [3.8, 4) is 0 Å². The van der Waals surface area contributed by atoms with Gasteiger partial charge in [0.1, 0.15) is 0 Å². The summed E-state index contributed by atoms with van der Waals surface area (Å²) in [4.78, 5) is 25.0. The second-order valence-electron chi connectivity index (χ2n) is 5.30. The zero-order chi connectivity index (χ0) is 16.4. The van der Waals surface area contributed by atoms with Gasteiger partial charge in [-0.3, -0.25) is 4.79 Å². The normalized spacial score (nSPS) is 19.6. The summed E-state index contributed by atoms with van der Waals surface area (Å²) in [5, 5.41) is 1.36. The number of ether oxygens (including phenoxy) is 2. The molecule has 2 aromatic rings. The number of carbonyl (C=O) groups is 1. The average Bonchev–Trinajstić information content (AvgIpc) is 2.55. The van der Waals surface area contributed by atoms with Crippen molar-refractivity contribution in [1.82, 2.24) is 0 Å². The lowest BCUT2D eigenvalue weighted by atomic mass is 9.94. The van der Waals surface area contributed by atoms with E-state index in [1.165, 1.54) is 11.3 Å². The Morgan fingerprint density at radius 1 is 1.26 bits per heavy atom. The zero-order valence-electron chi connectivity index (χ0n) is 13.1. The van der Waals surface area contributed by atoms with E-state index in [1.807, 2.05) is 31.2 Å². The van der Waals surface area contributed by atoms with E-state index in [0.717, 1.165) is 9.23 Å². The van der Waals surface area contributed by atoms with Gasteiger partial charge in [-0.05, 0) is 32.1 Å². The fourth-order valence-corrected chi connectivity index (χ4v) is 4.00. The maximum atomic E-state index is 12.6. The van der Waals surface area contributed by atoms with E-state index >= 15 is 0 Å². The van der Waals surface area contributed by atoms with Gasteiger partial charge in [-0.2, -0.15) is 0 Å². The van der Waals surface area contributed by atoms with Crippen LogP contribution < -0.4 is 15.2 Å². The number of hydrogen-bond donors (Lipinski definition) is 0. The number of hydrogen-bond acceptors (Lipinski definition) is 5. The van der Waals surface area contributed by atoms with E-state index < -0.39 is 11.6 Å². The van der Waals surface area contributed by atoms with Crippen LogP contribution in [0.5, 0.6) is 0 Å². The molecule has 1 aliphatic rings. The lowest BCUT2D eigenvalue weighted by Crippen LogP contribution is -2.49. The quantitative estimate of drug-likeness (QED) is 0.799. The first-order chi connectivity index (χ1) is 11.1. The maximum absolute atomic E-state index is 12.6. The molecule has 0 fully saturated rings. The Morgan fingerprint density at radius 2 is 2.04 bits per heavy atom. The van der Waals surface area contributed by atoms with E-state index in [4.69, 9.17) is 9.47 Å². The molecule has 0 N–H and O–H groups in total. The molecule has 1 aliphatic carbocycles. The van der Waals surface area contributed by atoms with Crippen molar-refractivity contribution in [3.05, 3.63) is 44.2 Å². The molecule has 1 heterocycles. The van der Waals surface area contributed by atoms with Crippen molar-refractivity contribution in [1.29, 1.82) is 0 Å². The van der Waals surface area contributed by atoms with Gasteiger partial charge in [0.05, 0.1) is 6.61 Å². The van der Waals surface area contributed by atoms with Crippen LogP contribution in [0, 0.1) is 0 Å². The average molecular weight is 330 g/mol. The minimum atomic E-state index is -1.14. The van der Waals surface area contributed by atoms with E-state index in [-0.39, 0.29) is 5.43 Å². The number of fused-ring (bicyclic) bond motifs is 2. The molecule has 1 aromatic carbocycles. The largest absolute Gasteiger partial charge is 0.464 e. The Morgan fingerprint density at radius 3 is 2.78 bits per heavy atom. The summed E-state index contributed by atoms with van der Waals surface area (Å²) in [6, 6.07) is 7.51. The molecule has 0 bridgehead atoms. The Hall–Kier alpha value is -1.98. The van der Waals surface area contributed by atoms with E-state index in [1.54, 1.807) is 19.1 Å². The van der Waals surface area contributed by atoms with Gasteiger partial charge >= 0.3 is 5.97 Å². The minimum absolute atomic E-state index is 0.000410. The van der Waals surface area contributed by atoms with E-state index in [0.29, 0.717) is 30.2 Å². The first kappa shape index (κ1) is 15.9. The lowest BCUT2D eigenvalue weighted by Gasteiger charge is -2.28. The first-order valence-electron chi connectivity index (χ1n) is 7.67. The van der Waals surface area contributed by atoms with Crippen LogP contribution in [0.15, 0.2) is 29.1 Å². The molecule has 1 atom stereocenters. The SMILES string of the molecule is CCOC(=O)C1(OCC)C=c2sc3ccccc3c(=O)c2=CC1. The molecule has 1 aromatic heterocycles. The highest BCUT2D eigenvalue weighted by atomic mass is 32.1. The molecule has 5 heteroatoms. The maximum Gasteiger partial charge on any atom is 0.342 e. The molecule has 1 unspecified atom stereocenters. The minimum Gasteiger partial charge on any atom is -0.464 e. The highest BCUT2D eigenvalue weighted by Crippen LogP contribution is 2.24. The van der Waals surface area contributed by atoms with Gasteiger partial charge in [0.15, 0.2) is 11.0 Å². The monoisotopic (exact) mass is 330 g/mol. The summed E-state index contributed by atoms with van der Waals surface area (Å²) in [5.74, 6) is -0.406. The first-order valence-corrected chi connectivity index (χ1v) is 8.49. The van der Waals surface area contributed by atoms with Gasteiger partial charge in [-0.25, -0.2) is 4.79 Å². The highest BCUT2D eigenvalue weighted by Gasteiger charge is 2.39. The lowest BCUT2D eigenvalue weighted by molar-refractivity contribution is -0.162. The van der Waals surface area contributed by atoms with Gasteiger partial charge in [0.2, 0.25) is 0 Å². The standard InChI is InChI=1S/C18H18O4S/c1-3-21-17(20)18(22-4-2)10-9-13-15(11-18)23-14-8-6-5-7-12(14)16(13)19/h5-9,11H,3-4,10H2,1-2H3.